The molecule has 374 valence electrons. The summed E-state index contributed by atoms with van der Waals surface area (Å²) in [5.41, 5.74) is 17.1. The highest BCUT2D eigenvalue weighted by Gasteiger charge is 2.45. The van der Waals surface area contributed by atoms with Gasteiger partial charge in [0.2, 0.25) is 11.8 Å². The smallest absolute Gasteiger partial charge is 0.264 e. The number of carbonyl (C=O) groups is 5. The SMILES string of the molecule is CCN(c1cc(-c2ccc(CN3CCN(C/C(=C/NCCCNc4cccc5c4C(=O)N(C4CCC(=O)NC4=O)C5=O)N=N)CC3)cc2)cc(C(=O)NCc2c(C)cc(C)[nH]c2=O)c1C)C1CCOCC1. The zero-order chi connectivity index (χ0) is 50.2. The molecule has 3 saturated heterocycles. The number of ether oxygens (including phenoxy) is 1. The van der Waals surface area contributed by atoms with Gasteiger partial charge in [-0.1, -0.05) is 30.3 Å². The van der Waals surface area contributed by atoms with Gasteiger partial charge in [0.25, 0.3) is 23.3 Å². The molecule has 0 aliphatic carbocycles. The summed E-state index contributed by atoms with van der Waals surface area (Å²) in [7, 11) is 0. The fourth-order valence-electron chi connectivity index (χ4n) is 10.2. The van der Waals surface area contributed by atoms with E-state index in [2.05, 4.69) is 83.3 Å². The topological polar surface area (TPSA) is 225 Å². The third-order valence-corrected chi connectivity index (χ3v) is 14.1. The molecule has 6 N–H and O–H groups in total. The predicted octanol–water partition coefficient (Wildman–Crippen LogP) is 5.39. The summed E-state index contributed by atoms with van der Waals surface area (Å²) in [4.78, 5) is 88.5. The van der Waals surface area contributed by atoms with Gasteiger partial charge in [-0.05, 0) is 112 Å². The minimum Gasteiger partial charge on any atom is -0.389 e. The van der Waals surface area contributed by atoms with Crippen molar-refractivity contribution in [2.45, 2.75) is 85.0 Å². The molecule has 1 unspecified atom stereocenters. The van der Waals surface area contributed by atoms with Crippen molar-refractivity contribution < 1.29 is 28.7 Å². The molecule has 0 radical (unpaired) electrons. The Morgan fingerprint density at radius 2 is 1.65 bits per heavy atom. The second-order valence-electron chi connectivity index (χ2n) is 18.8. The van der Waals surface area contributed by atoms with Crippen LogP contribution in [0.5, 0.6) is 0 Å². The maximum Gasteiger partial charge on any atom is 0.264 e. The number of pyridine rings is 1. The number of amides is 5. The quantitative estimate of drug-likeness (QED) is 0.0396. The van der Waals surface area contributed by atoms with Crippen molar-refractivity contribution in [1.82, 2.24) is 35.6 Å². The molecule has 5 amide bonds. The van der Waals surface area contributed by atoms with Gasteiger partial charge >= 0.3 is 0 Å². The maximum atomic E-state index is 14.0. The van der Waals surface area contributed by atoms with Crippen molar-refractivity contribution in [2.75, 3.05) is 75.8 Å². The van der Waals surface area contributed by atoms with Gasteiger partial charge in [-0.15, -0.1) is 0 Å². The van der Waals surface area contributed by atoms with E-state index in [4.69, 9.17) is 10.3 Å². The van der Waals surface area contributed by atoms with Crippen LogP contribution in [0.3, 0.4) is 0 Å². The molecule has 0 bridgehead atoms. The first kappa shape index (κ1) is 50.4. The Bertz CT molecular complexity index is 2760. The zero-order valence-electron chi connectivity index (χ0n) is 41.1. The highest BCUT2D eigenvalue weighted by atomic mass is 16.5. The van der Waals surface area contributed by atoms with E-state index in [0.29, 0.717) is 67.8 Å². The van der Waals surface area contributed by atoms with Gasteiger partial charge in [0, 0.05) is 126 Å². The molecular weight excluding hydrogens is 903 g/mol. The van der Waals surface area contributed by atoms with Crippen molar-refractivity contribution in [1.29, 1.82) is 5.53 Å². The number of benzene rings is 3. The van der Waals surface area contributed by atoms with Gasteiger partial charge in [-0.3, -0.25) is 48.8 Å². The average molecular weight is 968 g/mol. The van der Waals surface area contributed by atoms with E-state index in [1.54, 1.807) is 24.4 Å². The van der Waals surface area contributed by atoms with Crippen LogP contribution in [-0.4, -0.2) is 127 Å². The number of piperidine rings is 1. The standard InChI is InChI=1S/C53H65N11O7/c1-5-63(40-16-24-71-25-17-40)46-28-38(27-42(35(46)4)49(66)57-30-43-33(2)26-34(3)58-50(43)67)37-12-10-36(11-13-37)31-61-20-22-62(23-21-61)32-39(60-54)29-55-18-7-19-56-44-9-6-8-41-48(44)53(70)64(52(41)69)45-14-15-47(65)59-51(45)68/h6,8-13,26-29,40,45,54-56H,5,7,14-25,30-32H2,1-4H3,(H,57,66)(H,58,67)(H,59,65,68)/b39-29-,60-54?. The molecule has 5 heterocycles. The molecule has 4 aromatic rings. The molecule has 4 aliphatic heterocycles. The first-order valence-corrected chi connectivity index (χ1v) is 24.7. The summed E-state index contributed by atoms with van der Waals surface area (Å²) in [5, 5.41) is 15.6. The molecule has 4 aliphatic rings. The number of carbonyl (C=O) groups excluding carboxylic acids is 5. The summed E-state index contributed by atoms with van der Waals surface area (Å²) in [6.07, 6.45) is 4.43. The van der Waals surface area contributed by atoms with Crippen LogP contribution in [0.15, 0.2) is 82.5 Å². The summed E-state index contributed by atoms with van der Waals surface area (Å²) in [6.45, 7) is 16.0. The molecule has 71 heavy (non-hydrogen) atoms. The number of aromatic nitrogens is 1. The van der Waals surface area contributed by atoms with Crippen LogP contribution >= 0.6 is 0 Å². The fourth-order valence-corrected chi connectivity index (χ4v) is 10.2. The molecule has 3 aromatic carbocycles. The third-order valence-electron chi connectivity index (χ3n) is 14.1. The third kappa shape index (κ3) is 11.6. The van der Waals surface area contributed by atoms with Crippen LogP contribution in [0, 0.1) is 26.3 Å². The summed E-state index contributed by atoms with van der Waals surface area (Å²) >= 11 is 0. The number of aryl methyl sites for hydroxylation is 2. The van der Waals surface area contributed by atoms with Crippen LogP contribution in [0.1, 0.15) is 98.0 Å². The van der Waals surface area contributed by atoms with Gasteiger partial charge in [0.1, 0.15) is 6.04 Å². The lowest BCUT2D eigenvalue weighted by atomic mass is 9.94. The number of fused-ring (bicyclic) bond motifs is 1. The Morgan fingerprint density at radius 1 is 0.901 bits per heavy atom. The highest BCUT2D eigenvalue weighted by molar-refractivity contribution is 6.25. The number of hydrogen-bond acceptors (Lipinski definition) is 14. The molecule has 1 atom stereocenters. The number of hydrogen-bond donors (Lipinski definition) is 6. The van der Waals surface area contributed by atoms with E-state index in [-0.39, 0.29) is 42.0 Å². The minimum absolute atomic E-state index is 0.0591. The van der Waals surface area contributed by atoms with Crippen molar-refractivity contribution in [3.8, 4) is 11.1 Å². The average Bonchev–Trinajstić information content (AvgIpc) is 3.62. The van der Waals surface area contributed by atoms with Crippen LogP contribution in [0.4, 0.5) is 11.4 Å². The number of aromatic amines is 1. The second kappa shape index (κ2) is 22.8. The summed E-state index contributed by atoms with van der Waals surface area (Å²) < 4.78 is 5.70. The molecular formula is C53H65N11O7. The Balaban J connectivity index is 0.827. The molecule has 3 fully saturated rings. The predicted molar refractivity (Wildman–Crippen MR) is 270 cm³/mol. The first-order chi connectivity index (χ1) is 34.3. The monoisotopic (exact) mass is 968 g/mol. The Kier molecular flexibility index (Phi) is 16.2. The van der Waals surface area contributed by atoms with E-state index < -0.39 is 29.7 Å². The van der Waals surface area contributed by atoms with Crippen LogP contribution in [0.25, 0.3) is 11.1 Å². The highest BCUT2D eigenvalue weighted by Crippen LogP contribution is 2.35. The summed E-state index contributed by atoms with van der Waals surface area (Å²) in [5.74, 6) is -2.38. The van der Waals surface area contributed by atoms with Gasteiger partial charge in [0.15, 0.2) is 0 Å². The maximum absolute atomic E-state index is 14.0. The Hall–Kier alpha value is -7.02. The lowest BCUT2D eigenvalue weighted by molar-refractivity contribution is -0.136. The number of nitrogens with zero attached hydrogens (tertiary/aromatic N) is 5. The molecule has 0 saturated carbocycles. The zero-order valence-corrected chi connectivity index (χ0v) is 41.1. The van der Waals surface area contributed by atoms with Crippen molar-refractivity contribution in [3.05, 3.63) is 128 Å². The molecule has 1 aromatic heterocycles. The minimum atomic E-state index is -1.02. The number of imide groups is 2. The van der Waals surface area contributed by atoms with E-state index in [1.165, 1.54) is 5.56 Å². The van der Waals surface area contributed by atoms with Gasteiger partial charge in [-0.2, -0.15) is 5.11 Å². The Morgan fingerprint density at radius 3 is 2.35 bits per heavy atom. The normalized spacial score (nSPS) is 18.1. The lowest BCUT2D eigenvalue weighted by Gasteiger charge is -2.37. The number of anilines is 2. The molecule has 18 nitrogen and oxygen atoms in total. The van der Waals surface area contributed by atoms with Crippen LogP contribution in [-0.2, 0) is 27.4 Å². The van der Waals surface area contributed by atoms with Crippen molar-refractivity contribution in [2.24, 2.45) is 5.11 Å². The van der Waals surface area contributed by atoms with Gasteiger partial charge in [0.05, 0.1) is 16.8 Å². The van der Waals surface area contributed by atoms with Crippen molar-refractivity contribution in [3.63, 3.8) is 0 Å². The number of rotatable bonds is 19. The number of H-pyrrole nitrogens is 1. The molecule has 0 spiro atoms. The number of piperazine rings is 1. The largest absolute Gasteiger partial charge is 0.389 e. The van der Waals surface area contributed by atoms with E-state index >= 15 is 0 Å². The van der Waals surface area contributed by atoms with E-state index in [0.717, 1.165) is 90.6 Å². The summed E-state index contributed by atoms with van der Waals surface area (Å²) in [6, 6.07) is 19.0. The second-order valence-corrected chi connectivity index (χ2v) is 18.8. The number of nitrogens with one attached hydrogen (secondary N) is 6. The van der Waals surface area contributed by atoms with E-state index in [1.807, 2.05) is 32.9 Å². The van der Waals surface area contributed by atoms with Gasteiger partial charge < -0.3 is 30.6 Å². The Labute approximate surface area is 414 Å². The van der Waals surface area contributed by atoms with Crippen LogP contribution in [0.2, 0.25) is 0 Å². The first-order valence-electron chi connectivity index (χ1n) is 24.7. The fraction of sp³-hybridized carbons (Fsp3) is 0.434. The lowest BCUT2D eigenvalue weighted by Crippen LogP contribution is -2.54. The molecule has 8 rings (SSSR count). The van der Waals surface area contributed by atoms with E-state index in [9.17, 15) is 28.8 Å². The van der Waals surface area contributed by atoms with Gasteiger partial charge in [-0.25, -0.2) is 5.53 Å². The molecule has 18 heteroatoms. The van der Waals surface area contributed by atoms with Crippen LogP contribution < -0.4 is 31.7 Å². The van der Waals surface area contributed by atoms with Crippen molar-refractivity contribution >= 4 is 40.9 Å².